The number of pyridine rings is 1. The van der Waals surface area contributed by atoms with Gasteiger partial charge in [-0.2, -0.15) is 0 Å². The number of fused-ring (bicyclic) bond motifs is 1. The third kappa shape index (κ3) is 5.58. The van der Waals surface area contributed by atoms with Crippen LogP contribution in [0.2, 0.25) is 5.02 Å². The number of halogens is 1. The van der Waals surface area contributed by atoms with Crippen molar-refractivity contribution < 1.29 is 27.5 Å². The summed E-state index contributed by atoms with van der Waals surface area (Å²) in [6.07, 6.45) is 3.04. The number of nitrogens with zero attached hydrogens (tertiary/aromatic N) is 3. The van der Waals surface area contributed by atoms with Crippen LogP contribution in [0.3, 0.4) is 0 Å². The molecule has 208 valence electrons. The van der Waals surface area contributed by atoms with E-state index in [4.69, 9.17) is 16.3 Å². The number of ether oxygens (including phenoxy) is 1. The number of benzene rings is 2. The molecule has 0 saturated carbocycles. The molecule has 2 aliphatic heterocycles. The summed E-state index contributed by atoms with van der Waals surface area (Å²) in [5, 5.41) is 3.22. The van der Waals surface area contributed by atoms with Crippen molar-refractivity contribution in [3.05, 3.63) is 94.8 Å². The molecule has 10 nitrogen and oxygen atoms in total. The number of carbonyl (C=O) groups excluding carboxylic acids is 3. The summed E-state index contributed by atoms with van der Waals surface area (Å²) in [7, 11) is -4.26. The second kappa shape index (κ2) is 11.7. The average molecular weight is 583 g/mol. The van der Waals surface area contributed by atoms with Gasteiger partial charge in [-0.05, 0) is 48.7 Å². The number of nitrogens with one attached hydrogen (secondary N) is 1. The number of rotatable bonds is 9. The van der Waals surface area contributed by atoms with Gasteiger partial charge in [-0.15, -0.1) is 0 Å². The van der Waals surface area contributed by atoms with E-state index < -0.39 is 40.3 Å². The molecule has 1 aromatic heterocycles. The van der Waals surface area contributed by atoms with Crippen molar-refractivity contribution in [3.63, 3.8) is 0 Å². The van der Waals surface area contributed by atoms with Gasteiger partial charge in [-0.3, -0.25) is 19.4 Å². The highest BCUT2D eigenvalue weighted by Crippen LogP contribution is 2.31. The van der Waals surface area contributed by atoms with Crippen molar-refractivity contribution in [2.24, 2.45) is 0 Å². The van der Waals surface area contributed by atoms with Crippen LogP contribution in [0.1, 0.15) is 40.5 Å². The van der Waals surface area contributed by atoms with Gasteiger partial charge in [0.25, 0.3) is 15.9 Å². The molecule has 0 radical (unpaired) electrons. The molecule has 2 aromatic carbocycles. The zero-order valence-electron chi connectivity index (χ0n) is 21.4. The molecule has 5 rings (SSSR count). The van der Waals surface area contributed by atoms with Gasteiger partial charge in [0.1, 0.15) is 11.4 Å². The Morgan fingerprint density at radius 3 is 2.55 bits per heavy atom. The first-order valence-electron chi connectivity index (χ1n) is 12.8. The van der Waals surface area contributed by atoms with E-state index in [1.54, 1.807) is 48.5 Å². The molecule has 3 heterocycles. The smallest absolute Gasteiger partial charge is 0.269 e. The number of sulfonamides is 1. The Kier molecular flexibility index (Phi) is 8.15. The van der Waals surface area contributed by atoms with Crippen molar-refractivity contribution in [1.82, 2.24) is 19.5 Å². The Labute approximate surface area is 236 Å². The summed E-state index contributed by atoms with van der Waals surface area (Å²) in [6.45, 7) is -0.0859. The van der Waals surface area contributed by atoms with Crippen molar-refractivity contribution in [2.75, 3.05) is 19.7 Å². The Hall–Kier alpha value is -3.80. The fourth-order valence-corrected chi connectivity index (χ4v) is 6.54. The van der Waals surface area contributed by atoms with Crippen molar-refractivity contribution in [1.29, 1.82) is 0 Å². The predicted molar refractivity (Wildman–Crippen MR) is 146 cm³/mol. The lowest BCUT2D eigenvalue weighted by molar-refractivity contribution is -0.141. The van der Waals surface area contributed by atoms with E-state index in [0.717, 1.165) is 12.8 Å². The van der Waals surface area contributed by atoms with Crippen LogP contribution in [0.25, 0.3) is 0 Å². The van der Waals surface area contributed by atoms with Crippen LogP contribution in [-0.2, 0) is 30.9 Å². The molecule has 0 spiro atoms. The van der Waals surface area contributed by atoms with E-state index in [1.165, 1.54) is 29.3 Å². The summed E-state index contributed by atoms with van der Waals surface area (Å²) >= 11 is 6.42. The number of aromatic nitrogens is 1. The topological polar surface area (TPSA) is 126 Å². The minimum absolute atomic E-state index is 0.0106. The maximum Gasteiger partial charge on any atom is 0.269 e. The van der Waals surface area contributed by atoms with Crippen molar-refractivity contribution in [2.45, 2.75) is 36.4 Å². The minimum atomic E-state index is -4.26. The lowest BCUT2D eigenvalue weighted by Gasteiger charge is -2.32. The van der Waals surface area contributed by atoms with Gasteiger partial charge in [0.15, 0.2) is 6.04 Å². The SMILES string of the molecule is O=C(NCC1CCCO1)C(c1ccccn1)N(Cc1ccccc1Cl)C(=O)CN1C(=O)c2ccccc2S1(=O)=O. The number of hydrogen-bond donors (Lipinski definition) is 1. The van der Waals surface area contributed by atoms with E-state index in [2.05, 4.69) is 10.3 Å². The van der Waals surface area contributed by atoms with E-state index >= 15 is 0 Å². The minimum Gasteiger partial charge on any atom is -0.376 e. The predicted octanol–water partition coefficient (Wildman–Crippen LogP) is 2.94. The fraction of sp³-hybridized carbons (Fsp3) is 0.286. The molecule has 2 unspecified atom stereocenters. The van der Waals surface area contributed by atoms with Crippen LogP contribution >= 0.6 is 11.6 Å². The van der Waals surface area contributed by atoms with E-state index in [-0.39, 0.29) is 35.3 Å². The maximum atomic E-state index is 14.0. The summed E-state index contributed by atoms with van der Waals surface area (Å²) in [5.41, 5.74) is 0.791. The Balaban J connectivity index is 1.50. The monoisotopic (exact) mass is 582 g/mol. The first-order valence-corrected chi connectivity index (χ1v) is 14.6. The molecule has 2 aliphatic rings. The first-order chi connectivity index (χ1) is 19.3. The van der Waals surface area contributed by atoms with Gasteiger partial charge in [0, 0.05) is 30.9 Å². The third-order valence-corrected chi connectivity index (χ3v) is 9.02. The molecule has 0 aliphatic carbocycles. The molecule has 2 atom stereocenters. The summed E-state index contributed by atoms with van der Waals surface area (Å²) in [6, 6.07) is 16.3. The van der Waals surface area contributed by atoms with Crippen molar-refractivity contribution >= 4 is 39.3 Å². The highest BCUT2D eigenvalue weighted by Gasteiger charge is 2.44. The molecule has 1 fully saturated rings. The summed E-state index contributed by atoms with van der Waals surface area (Å²) in [5.74, 6) is -2.10. The van der Waals surface area contributed by atoms with Crippen LogP contribution in [-0.4, -0.2) is 66.1 Å². The number of carbonyl (C=O) groups is 3. The van der Waals surface area contributed by atoms with E-state index in [1.807, 2.05) is 0 Å². The molecule has 40 heavy (non-hydrogen) atoms. The Morgan fingerprint density at radius 2 is 1.85 bits per heavy atom. The molecule has 3 aromatic rings. The van der Waals surface area contributed by atoms with Gasteiger partial charge in [-0.1, -0.05) is 48.0 Å². The second-order valence-corrected chi connectivity index (χ2v) is 11.7. The van der Waals surface area contributed by atoms with Gasteiger partial charge < -0.3 is 15.0 Å². The van der Waals surface area contributed by atoms with Crippen LogP contribution < -0.4 is 5.32 Å². The number of hydrogen-bond acceptors (Lipinski definition) is 7. The quantitative estimate of drug-likeness (QED) is 0.411. The standard InChI is InChI=1S/C28H27ClN4O6S/c29-22-11-3-1-8-19(22)17-32(25(34)18-33-28(36)21-10-2-4-13-24(21)40(33,37)38)26(23-12-5-6-14-30-23)27(35)31-16-20-9-7-15-39-20/h1-6,8,10-14,20,26H,7,9,15-18H2,(H,31,35). The Morgan fingerprint density at radius 1 is 1.10 bits per heavy atom. The van der Waals surface area contributed by atoms with E-state index in [9.17, 15) is 22.8 Å². The van der Waals surface area contributed by atoms with Gasteiger partial charge >= 0.3 is 0 Å². The highest BCUT2D eigenvalue weighted by atomic mass is 35.5. The van der Waals surface area contributed by atoms with Gasteiger partial charge in [0.2, 0.25) is 11.8 Å². The lowest BCUT2D eigenvalue weighted by Crippen LogP contribution is -2.49. The number of amides is 3. The zero-order chi connectivity index (χ0) is 28.3. The fourth-order valence-electron chi connectivity index (χ4n) is 4.82. The van der Waals surface area contributed by atoms with E-state index in [0.29, 0.717) is 21.5 Å². The average Bonchev–Trinajstić information content (AvgIpc) is 3.55. The molecule has 1 N–H and O–H groups in total. The second-order valence-electron chi connectivity index (χ2n) is 9.46. The highest BCUT2D eigenvalue weighted by molar-refractivity contribution is 7.90. The summed E-state index contributed by atoms with van der Waals surface area (Å²) in [4.78, 5) is 46.1. The molecular formula is C28H27ClN4O6S. The van der Waals surface area contributed by atoms with Crippen LogP contribution in [0.4, 0.5) is 0 Å². The summed E-state index contributed by atoms with van der Waals surface area (Å²) < 4.78 is 32.6. The van der Waals surface area contributed by atoms with Crippen LogP contribution in [0.15, 0.2) is 77.8 Å². The lowest BCUT2D eigenvalue weighted by atomic mass is 10.1. The van der Waals surface area contributed by atoms with Crippen LogP contribution in [0.5, 0.6) is 0 Å². The first kappa shape index (κ1) is 27.8. The normalized spacial score (nSPS) is 18.3. The maximum absolute atomic E-state index is 14.0. The van der Waals surface area contributed by atoms with Crippen LogP contribution in [0, 0.1) is 0 Å². The largest absolute Gasteiger partial charge is 0.376 e. The molecule has 0 bridgehead atoms. The van der Waals surface area contributed by atoms with Crippen molar-refractivity contribution in [3.8, 4) is 0 Å². The Bertz CT molecular complexity index is 1530. The van der Waals surface area contributed by atoms with Gasteiger partial charge in [0.05, 0.1) is 17.4 Å². The third-order valence-electron chi connectivity index (χ3n) is 6.87. The zero-order valence-corrected chi connectivity index (χ0v) is 23.0. The van der Waals surface area contributed by atoms with Gasteiger partial charge in [-0.25, -0.2) is 12.7 Å². The molecular weight excluding hydrogens is 556 g/mol. The molecule has 1 saturated heterocycles. The molecule has 12 heteroatoms. The molecule has 3 amide bonds.